The minimum atomic E-state index is 0.559. The van der Waals surface area contributed by atoms with Crippen LogP contribution < -0.4 is 0 Å². The van der Waals surface area contributed by atoms with Crippen molar-refractivity contribution in [1.29, 1.82) is 0 Å². The number of halogens is 1. The summed E-state index contributed by atoms with van der Waals surface area (Å²) in [4.78, 5) is 0. The van der Waals surface area contributed by atoms with Gasteiger partial charge >= 0.3 is 0 Å². The van der Waals surface area contributed by atoms with E-state index in [1.54, 1.807) is 0 Å². The molecule has 100 valence electrons. The Morgan fingerprint density at radius 1 is 1.15 bits per heavy atom. The SMILES string of the molecule is Cc1ccc(-n2c(-c3cccc(Cl)c3)n[nH]c2=S)cc1. The van der Waals surface area contributed by atoms with Crippen LogP contribution in [0, 0.1) is 11.7 Å². The van der Waals surface area contributed by atoms with Crippen molar-refractivity contribution in [2.75, 3.05) is 0 Å². The summed E-state index contributed by atoms with van der Waals surface area (Å²) in [6, 6.07) is 15.7. The highest BCUT2D eigenvalue weighted by Gasteiger charge is 2.10. The van der Waals surface area contributed by atoms with Gasteiger partial charge in [-0.3, -0.25) is 9.67 Å². The number of H-pyrrole nitrogens is 1. The van der Waals surface area contributed by atoms with Crippen LogP contribution in [0.1, 0.15) is 5.56 Å². The van der Waals surface area contributed by atoms with Gasteiger partial charge in [-0.25, -0.2) is 0 Å². The van der Waals surface area contributed by atoms with Gasteiger partial charge < -0.3 is 0 Å². The van der Waals surface area contributed by atoms with E-state index in [-0.39, 0.29) is 0 Å². The van der Waals surface area contributed by atoms with Gasteiger partial charge in [-0.1, -0.05) is 41.4 Å². The fraction of sp³-hybridized carbons (Fsp3) is 0.0667. The first-order valence-electron chi connectivity index (χ1n) is 6.15. The molecule has 1 heterocycles. The molecule has 0 bridgehead atoms. The Hall–Kier alpha value is -1.91. The van der Waals surface area contributed by atoms with Crippen LogP contribution >= 0.6 is 23.8 Å². The summed E-state index contributed by atoms with van der Waals surface area (Å²) >= 11 is 11.4. The van der Waals surface area contributed by atoms with Crippen molar-refractivity contribution in [1.82, 2.24) is 14.8 Å². The van der Waals surface area contributed by atoms with E-state index in [0.717, 1.165) is 17.1 Å². The minimum absolute atomic E-state index is 0.559. The lowest BCUT2D eigenvalue weighted by Gasteiger charge is -2.07. The van der Waals surface area contributed by atoms with Gasteiger partial charge in [-0.05, 0) is 43.4 Å². The van der Waals surface area contributed by atoms with Crippen LogP contribution in [0.5, 0.6) is 0 Å². The average molecular weight is 302 g/mol. The van der Waals surface area contributed by atoms with Gasteiger partial charge in [0.1, 0.15) is 0 Å². The lowest BCUT2D eigenvalue weighted by molar-refractivity contribution is 1.03. The Bertz CT molecular complexity index is 802. The summed E-state index contributed by atoms with van der Waals surface area (Å²) in [5, 5.41) is 7.83. The lowest BCUT2D eigenvalue weighted by Crippen LogP contribution is -1.97. The highest BCUT2D eigenvalue weighted by Crippen LogP contribution is 2.24. The van der Waals surface area contributed by atoms with Crippen LogP contribution in [0.25, 0.3) is 17.1 Å². The van der Waals surface area contributed by atoms with Crippen LogP contribution in [0.2, 0.25) is 5.02 Å². The molecule has 20 heavy (non-hydrogen) atoms. The van der Waals surface area contributed by atoms with Crippen molar-refractivity contribution in [3.8, 4) is 17.1 Å². The van der Waals surface area contributed by atoms with E-state index in [0.29, 0.717) is 9.79 Å². The van der Waals surface area contributed by atoms with Crippen molar-refractivity contribution < 1.29 is 0 Å². The second kappa shape index (κ2) is 5.23. The molecule has 0 unspecified atom stereocenters. The van der Waals surface area contributed by atoms with E-state index >= 15 is 0 Å². The smallest absolute Gasteiger partial charge is 0.200 e. The third-order valence-electron chi connectivity index (χ3n) is 3.05. The molecule has 3 nitrogen and oxygen atoms in total. The normalized spacial score (nSPS) is 10.7. The molecule has 0 spiro atoms. The van der Waals surface area contributed by atoms with Gasteiger partial charge in [-0.2, -0.15) is 5.10 Å². The number of nitrogens with one attached hydrogen (secondary N) is 1. The summed E-state index contributed by atoms with van der Waals surface area (Å²) in [7, 11) is 0. The fourth-order valence-electron chi connectivity index (χ4n) is 2.05. The van der Waals surface area contributed by atoms with E-state index < -0.39 is 0 Å². The molecule has 1 aromatic heterocycles. The zero-order valence-electron chi connectivity index (χ0n) is 10.8. The summed E-state index contributed by atoms with van der Waals surface area (Å²) in [5.41, 5.74) is 3.10. The molecule has 0 saturated heterocycles. The molecule has 0 radical (unpaired) electrons. The highest BCUT2D eigenvalue weighted by molar-refractivity contribution is 7.71. The van der Waals surface area contributed by atoms with E-state index in [4.69, 9.17) is 23.8 Å². The van der Waals surface area contributed by atoms with Gasteiger partial charge in [0, 0.05) is 16.3 Å². The van der Waals surface area contributed by atoms with Crippen molar-refractivity contribution in [3.05, 3.63) is 63.9 Å². The first-order chi connectivity index (χ1) is 9.65. The Kier molecular flexibility index (Phi) is 3.42. The maximum Gasteiger partial charge on any atom is 0.200 e. The number of rotatable bonds is 2. The molecule has 5 heteroatoms. The summed E-state index contributed by atoms with van der Waals surface area (Å²) < 4.78 is 2.46. The molecule has 2 aromatic carbocycles. The van der Waals surface area contributed by atoms with Crippen LogP contribution in [0.4, 0.5) is 0 Å². The Morgan fingerprint density at radius 3 is 2.60 bits per heavy atom. The van der Waals surface area contributed by atoms with E-state index in [9.17, 15) is 0 Å². The van der Waals surface area contributed by atoms with E-state index in [2.05, 4.69) is 17.1 Å². The molecule has 0 aliphatic heterocycles. The summed E-state index contributed by atoms with van der Waals surface area (Å²) in [6.07, 6.45) is 0. The third kappa shape index (κ3) is 2.40. The lowest BCUT2D eigenvalue weighted by atomic mass is 10.2. The molecule has 1 N–H and O–H groups in total. The molecular formula is C15H12ClN3S. The molecule has 0 saturated carbocycles. The van der Waals surface area contributed by atoms with Gasteiger partial charge in [0.05, 0.1) is 0 Å². The van der Waals surface area contributed by atoms with Gasteiger partial charge in [0.25, 0.3) is 0 Å². The molecule has 3 aromatic rings. The molecule has 3 rings (SSSR count). The first-order valence-corrected chi connectivity index (χ1v) is 6.94. The molecule has 0 amide bonds. The van der Waals surface area contributed by atoms with E-state index in [1.165, 1.54) is 5.56 Å². The maximum absolute atomic E-state index is 6.05. The minimum Gasteiger partial charge on any atom is -0.268 e. The predicted molar refractivity (Wildman–Crippen MR) is 83.9 cm³/mol. The molecule has 0 aliphatic carbocycles. The van der Waals surface area contributed by atoms with Crippen LogP contribution in [0.3, 0.4) is 0 Å². The van der Waals surface area contributed by atoms with Crippen molar-refractivity contribution in [2.45, 2.75) is 6.92 Å². The van der Waals surface area contributed by atoms with Crippen LogP contribution in [-0.4, -0.2) is 14.8 Å². The van der Waals surface area contributed by atoms with Gasteiger partial charge in [0.2, 0.25) is 0 Å². The Labute approximate surface area is 126 Å². The standard InChI is InChI=1S/C15H12ClN3S/c1-10-5-7-13(8-6-10)19-14(17-18-15(19)20)11-3-2-4-12(16)9-11/h2-9H,1H3,(H,18,20). The number of nitrogens with zero attached hydrogens (tertiary/aromatic N) is 2. The zero-order chi connectivity index (χ0) is 14.1. The molecule has 0 atom stereocenters. The predicted octanol–water partition coefficient (Wildman–Crippen LogP) is 4.56. The number of aromatic nitrogens is 3. The Balaban J connectivity index is 2.20. The quantitative estimate of drug-likeness (QED) is 0.704. The van der Waals surface area contributed by atoms with Crippen LogP contribution in [-0.2, 0) is 0 Å². The van der Waals surface area contributed by atoms with Crippen molar-refractivity contribution >= 4 is 23.8 Å². The number of hydrogen-bond donors (Lipinski definition) is 1. The van der Waals surface area contributed by atoms with Gasteiger partial charge in [0.15, 0.2) is 10.6 Å². The monoisotopic (exact) mass is 301 g/mol. The summed E-state index contributed by atoms with van der Waals surface area (Å²) in [6.45, 7) is 2.05. The number of benzene rings is 2. The molecule has 0 fully saturated rings. The number of hydrogen-bond acceptors (Lipinski definition) is 2. The Morgan fingerprint density at radius 2 is 1.90 bits per heavy atom. The summed E-state index contributed by atoms with van der Waals surface area (Å²) in [5.74, 6) is 0.751. The third-order valence-corrected chi connectivity index (χ3v) is 3.56. The average Bonchev–Trinajstić information content (AvgIpc) is 2.82. The van der Waals surface area contributed by atoms with Crippen molar-refractivity contribution in [2.24, 2.45) is 0 Å². The van der Waals surface area contributed by atoms with Crippen molar-refractivity contribution in [3.63, 3.8) is 0 Å². The van der Waals surface area contributed by atoms with Gasteiger partial charge in [-0.15, -0.1) is 0 Å². The largest absolute Gasteiger partial charge is 0.268 e. The first kappa shape index (κ1) is 13.1. The maximum atomic E-state index is 6.05. The highest BCUT2D eigenvalue weighted by atomic mass is 35.5. The molecule has 0 aliphatic rings. The number of aromatic amines is 1. The second-order valence-electron chi connectivity index (χ2n) is 4.53. The topological polar surface area (TPSA) is 33.6 Å². The molecular weight excluding hydrogens is 290 g/mol. The second-order valence-corrected chi connectivity index (χ2v) is 5.36. The van der Waals surface area contributed by atoms with E-state index in [1.807, 2.05) is 53.1 Å². The number of aryl methyl sites for hydroxylation is 1. The van der Waals surface area contributed by atoms with Crippen LogP contribution in [0.15, 0.2) is 48.5 Å². The zero-order valence-corrected chi connectivity index (χ0v) is 12.4. The fourth-order valence-corrected chi connectivity index (χ4v) is 2.48.